The molecule has 0 saturated carbocycles. The van der Waals surface area contributed by atoms with Gasteiger partial charge in [-0.3, -0.25) is 4.79 Å². The number of benzene rings is 3. The van der Waals surface area contributed by atoms with Gasteiger partial charge in [0.2, 0.25) is 0 Å². The van der Waals surface area contributed by atoms with Crippen molar-refractivity contribution in [2.75, 3.05) is 5.32 Å². The van der Waals surface area contributed by atoms with Gasteiger partial charge >= 0.3 is 0 Å². The minimum atomic E-state index is -0.406. The minimum Gasteiger partial charge on any atom is -0.505 e. The van der Waals surface area contributed by atoms with Gasteiger partial charge in [-0.2, -0.15) is 5.11 Å². The number of anilines is 1. The van der Waals surface area contributed by atoms with Crippen molar-refractivity contribution >= 4 is 23.0 Å². The van der Waals surface area contributed by atoms with E-state index in [9.17, 15) is 9.90 Å². The number of phenols is 1. The monoisotopic (exact) mass is 331 g/mol. The maximum Gasteiger partial charge on any atom is 0.259 e. The molecular weight excluding hydrogens is 314 g/mol. The highest BCUT2D eigenvalue weighted by Gasteiger charge is 2.14. The summed E-state index contributed by atoms with van der Waals surface area (Å²) in [4.78, 5) is 12.4. The molecule has 0 spiro atoms. The van der Waals surface area contributed by atoms with Crippen LogP contribution < -0.4 is 5.32 Å². The first-order chi connectivity index (χ1) is 12.1. The highest BCUT2D eigenvalue weighted by molar-refractivity contribution is 6.07. The standard InChI is InChI=1S/C20H17N3O2/c1-14-10-12-16(13-11-14)22-23-18-9-5-8-17(19(18)24)20(25)21-15-6-3-2-4-7-15/h2-13,24H,1H3,(H,21,25). The van der Waals surface area contributed by atoms with E-state index in [1.807, 2.05) is 49.4 Å². The van der Waals surface area contributed by atoms with Crippen molar-refractivity contribution in [3.63, 3.8) is 0 Å². The lowest BCUT2D eigenvalue weighted by Crippen LogP contribution is -2.11. The topological polar surface area (TPSA) is 74.0 Å². The molecule has 0 bridgehead atoms. The number of nitrogens with one attached hydrogen (secondary N) is 1. The lowest BCUT2D eigenvalue weighted by molar-refractivity contribution is 0.102. The fourth-order valence-corrected chi connectivity index (χ4v) is 2.24. The van der Waals surface area contributed by atoms with E-state index in [-0.39, 0.29) is 17.0 Å². The third-order valence-corrected chi connectivity index (χ3v) is 3.60. The fraction of sp³-hybridized carbons (Fsp3) is 0.0500. The summed E-state index contributed by atoms with van der Waals surface area (Å²) in [5, 5.41) is 21.2. The Morgan fingerprint density at radius 3 is 2.32 bits per heavy atom. The van der Waals surface area contributed by atoms with Gasteiger partial charge in [-0.1, -0.05) is 42.0 Å². The summed E-state index contributed by atoms with van der Waals surface area (Å²) >= 11 is 0. The number of phenolic OH excluding ortho intramolecular Hbond substituents is 1. The Morgan fingerprint density at radius 1 is 0.880 bits per heavy atom. The number of para-hydroxylation sites is 2. The summed E-state index contributed by atoms with van der Waals surface area (Å²) in [7, 11) is 0. The van der Waals surface area contributed by atoms with E-state index < -0.39 is 5.91 Å². The van der Waals surface area contributed by atoms with Gasteiger partial charge in [0.05, 0.1) is 11.3 Å². The molecule has 0 aliphatic carbocycles. The molecule has 0 aliphatic rings. The Balaban J connectivity index is 1.82. The van der Waals surface area contributed by atoms with E-state index in [1.165, 1.54) is 0 Å². The lowest BCUT2D eigenvalue weighted by atomic mass is 10.1. The van der Waals surface area contributed by atoms with Crippen LogP contribution in [0.5, 0.6) is 5.75 Å². The largest absolute Gasteiger partial charge is 0.505 e. The molecule has 3 aromatic carbocycles. The molecule has 0 atom stereocenters. The molecule has 124 valence electrons. The first-order valence-corrected chi connectivity index (χ1v) is 7.80. The molecule has 0 radical (unpaired) electrons. The van der Waals surface area contributed by atoms with Gasteiger partial charge in [-0.05, 0) is 43.3 Å². The molecular formula is C20H17N3O2. The molecule has 0 fully saturated rings. The molecule has 0 saturated heterocycles. The van der Waals surface area contributed by atoms with Crippen molar-refractivity contribution in [1.29, 1.82) is 0 Å². The highest BCUT2D eigenvalue weighted by Crippen LogP contribution is 2.32. The van der Waals surface area contributed by atoms with Crippen molar-refractivity contribution < 1.29 is 9.90 Å². The van der Waals surface area contributed by atoms with E-state index in [4.69, 9.17) is 0 Å². The summed E-state index contributed by atoms with van der Waals surface area (Å²) in [5.74, 6) is -0.608. The molecule has 5 heteroatoms. The number of aromatic hydroxyl groups is 1. The number of nitrogens with zero attached hydrogens (tertiary/aromatic N) is 2. The van der Waals surface area contributed by atoms with Crippen LogP contribution in [-0.4, -0.2) is 11.0 Å². The zero-order valence-corrected chi connectivity index (χ0v) is 13.7. The van der Waals surface area contributed by atoms with Crippen molar-refractivity contribution in [3.8, 4) is 5.75 Å². The molecule has 1 amide bonds. The molecule has 0 unspecified atom stereocenters. The average Bonchev–Trinajstić information content (AvgIpc) is 2.63. The van der Waals surface area contributed by atoms with Crippen LogP contribution in [0.2, 0.25) is 0 Å². The number of aryl methyl sites for hydroxylation is 1. The molecule has 2 N–H and O–H groups in total. The number of azo groups is 1. The van der Waals surface area contributed by atoms with E-state index in [0.29, 0.717) is 11.4 Å². The molecule has 3 rings (SSSR count). The van der Waals surface area contributed by atoms with Crippen LogP contribution >= 0.6 is 0 Å². The van der Waals surface area contributed by atoms with E-state index in [1.54, 1.807) is 30.3 Å². The van der Waals surface area contributed by atoms with Crippen molar-refractivity contribution in [3.05, 3.63) is 83.9 Å². The maximum atomic E-state index is 12.4. The van der Waals surface area contributed by atoms with Crippen molar-refractivity contribution in [1.82, 2.24) is 0 Å². The Bertz CT molecular complexity index is 904. The normalized spacial score (nSPS) is 10.8. The second-order valence-corrected chi connectivity index (χ2v) is 5.53. The number of amides is 1. The quantitative estimate of drug-likeness (QED) is 0.631. The van der Waals surface area contributed by atoms with Crippen molar-refractivity contribution in [2.45, 2.75) is 6.92 Å². The number of carbonyl (C=O) groups is 1. The van der Waals surface area contributed by atoms with Gasteiger partial charge in [0.25, 0.3) is 5.91 Å². The van der Waals surface area contributed by atoms with Gasteiger partial charge in [0, 0.05) is 5.69 Å². The Morgan fingerprint density at radius 2 is 1.60 bits per heavy atom. The third kappa shape index (κ3) is 4.09. The van der Waals surface area contributed by atoms with E-state index in [0.717, 1.165) is 5.56 Å². The summed E-state index contributed by atoms with van der Waals surface area (Å²) < 4.78 is 0. The molecule has 0 aromatic heterocycles. The van der Waals surface area contributed by atoms with E-state index >= 15 is 0 Å². The SMILES string of the molecule is Cc1ccc(N=Nc2cccc(C(=O)Nc3ccccc3)c2O)cc1. The van der Waals surface area contributed by atoms with Crippen LogP contribution in [-0.2, 0) is 0 Å². The Hall–Kier alpha value is -3.47. The smallest absolute Gasteiger partial charge is 0.259 e. The molecule has 25 heavy (non-hydrogen) atoms. The van der Waals surface area contributed by atoms with Gasteiger partial charge in [0.1, 0.15) is 5.69 Å². The van der Waals surface area contributed by atoms with Gasteiger partial charge in [-0.25, -0.2) is 0 Å². The molecule has 3 aromatic rings. The maximum absolute atomic E-state index is 12.4. The number of carbonyl (C=O) groups excluding carboxylic acids is 1. The van der Waals surface area contributed by atoms with Crippen LogP contribution in [0, 0.1) is 6.92 Å². The first kappa shape index (κ1) is 16.4. The second kappa shape index (κ2) is 7.40. The first-order valence-electron chi connectivity index (χ1n) is 7.80. The number of rotatable bonds is 4. The molecule has 5 nitrogen and oxygen atoms in total. The summed E-state index contributed by atoms with van der Waals surface area (Å²) in [5.41, 5.74) is 2.83. The van der Waals surface area contributed by atoms with Gasteiger partial charge in [0.15, 0.2) is 5.75 Å². The zero-order valence-electron chi connectivity index (χ0n) is 13.7. The zero-order chi connectivity index (χ0) is 17.6. The summed E-state index contributed by atoms with van der Waals surface area (Å²) in [6.45, 7) is 1.99. The van der Waals surface area contributed by atoms with Crippen LogP contribution in [0.4, 0.5) is 17.1 Å². The number of hydrogen-bond acceptors (Lipinski definition) is 4. The molecule has 0 heterocycles. The van der Waals surface area contributed by atoms with Crippen LogP contribution in [0.25, 0.3) is 0 Å². The Labute approximate surface area is 145 Å². The van der Waals surface area contributed by atoms with Gasteiger partial charge < -0.3 is 10.4 Å². The minimum absolute atomic E-state index is 0.143. The number of hydrogen-bond donors (Lipinski definition) is 2. The summed E-state index contributed by atoms with van der Waals surface area (Å²) in [6, 6.07) is 21.4. The third-order valence-electron chi connectivity index (χ3n) is 3.60. The molecule has 0 aliphatic heterocycles. The summed E-state index contributed by atoms with van der Waals surface area (Å²) in [6.07, 6.45) is 0. The Kier molecular flexibility index (Phi) is 4.85. The second-order valence-electron chi connectivity index (χ2n) is 5.53. The van der Waals surface area contributed by atoms with E-state index in [2.05, 4.69) is 15.5 Å². The highest BCUT2D eigenvalue weighted by atomic mass is 16.3. The van der Waals surface area contributed by atoms with Crippen LogP contribution in [0.3, 0.4) is 0 Å². The van der Waals surface area contributed by atoms with Gasteiger partial charge in [-0.15, -0.1) is 5.11 Å². The predicted molar refractivity (Wildman–Crippen MR) is 97.9 cm³/mol. The predicted octanol–water partition coefficient (Wildman–Crippen LogP) is 5.37. The lowest BCUT2D eigenvalue weighted by Gasteiger charge is -2.07. The van der Waals surface area contributed by atoms with Crippen LogP contribution in [0.1, 0.15) is 15.9 Å². The average molecular weight is 331 g/mol. The van der Waals surface area contributed by atoms with Crippen LogP contribution in [0.15, 0.2) is 83.0 Å². The van der Waals surface area contributed by atoms with Crippen molar-refractivity contribution in [2.24, 2.45) is 10.2 Å². The fourth-order valence-electron chi connectivity index (χ4n) is 2.24.